The van der Waals surface area contributed by atoms with Gasteiger partial charge in [0.25, 0.3) is 0 Å². The number of benzene rings is 2. The zero-order valence-electron chi connectivity index (χ0n) is 16.0. The topological polar surface area (TPSA) is 56.1 Å². The molecule has 0 saturated carbocycles. The number of hydrogen-bond donors (Lipinski definition) is 1. The number of nitrogens with zero attached hydrogens (tertiary/aromatic N) is 2. The molecule has 0 radical (unpaired) electrons. The number of hydrogen-bond acceptors (Lipinski definition) is 3. The van der Waals surface area contributed by atoms with Gasteiger partial charge in [0, 0.05) is 17.8 Å². The summed E-state index contributed by atoms with van der Waals surface area (Å²) >= 11 is 0. The maximum Gasteiger partial charge on any atom is 0.223 e. The molecule has 0 aliphatic heterocycles. The minimum atomic E-state index is -0.0334. The summed E-state index contributed by atoms with van der Waals surface area (Å²) in [5, 5.41) is 7.58. The molecule has 5 nitrogen and oxygen atoms in total. The summed E-state index contributed by atoms with van der Waals surface area (Å²) in [7, 11) is 0. The van der Waals surface area contributed by atoms with Crippen LogP contribution < -0.4 is 10.1 Å². The van der Waals surface area contributed by atoms with Crippen LogP contribution in [0, 0.1) is 20.8 Å². The van der Waals surface area contributed by atoms with Gasteiger partial charge >= 0.3 is 0 Å². The number of aryl methyl sites for hydroxylation is 2. The van der Waals surface area contributed by atoms with Crippen LogP contribution in [0.5, 0.6) is 5.75 Å². The van der Waals surface area contributed by atoms with E-state index in [1.165, 1.54) is 0 Å². The lowest BCUT2D eigenvalue weighted by atomic mass is 10.2. The number of carbonyl (C=O) groups excluding carboxylic acids is 1. The van der Waals surface area contributed by atoms with E-state index in [9.17, 15) is 4.79 Å². The van der Waals surface area contributed by atoms with Crippen molar-refractivity contribution in [1.82, 2.24) is 15.1 Å². The number of ether oxygens (including phenoxy) is 1. The second kappa shape index (κ2) is 8.54. The van der Waals surface area contributed by atoms with Gasteiger partial charge in [0.1, 0.15) is 5.75 Å². The van der Waals surface area contributed by atoms with Crippen LogP contribution in [0.1, 0.15) is 28.9 Å². The minimum absolute atomic E-state index is 0.0334. The first-order valence-electron chi connectivity index (χ1n) is 9.11. The van der Waals surface area contributed by atoms with Crippen LogP contribution in [0.15, 0.2) is 54.6 Å². The number of carbonyl (C=O) groups is 1. The Balaban J connectivity index is 1.54. The summed E-state index contributed by atoms with van der Waals surface area (Å²) in [6.45, 7) is 6.83. The lowest BCUT2D eigenvalue weighted by Crippen LogP contribution is -2.25. The van der Waals surface area contributed by atoms with E-state index in [0.29, 0.717) is 19.6 Å². The van der Waals surface area contributed by atoms with Crippen molar-refractivity contribution in [1.29, 1.82) is 0 Å². The van der Waals surface area contributed by atoms with E-state index in [0.717, 1.165) is 34.0 Å². The molecule has 0 spiro atoms. The number of aromatic nitrogens is 2. The van der Waals surface area contributed by atoms with Crippen molar-refractivity contribution in [2.75, 3.05) is 6.61 Å². The highest BCUT2D eigenvalue weighted by molar-refractivity contribution is 5.76. The molecule has 1 amide bonds. The maximum absolute atomic E-state index is 12.2. The Hall–Kier alpha value is -3.08. The van der Waals surface area contributed by atoms with Crippen molar-refractivity contribution >= 4 is 5.91 Å². The standard InChI is InChI=1S/C22H25N3O2/c1-16-8-7-11-20(14-16)27-13-12-22(26)23-15-21-17(2)24-25(18(21)3)19-9-5-4-6-10-19/h4-11,14H,12-13,15H2,1-3H3,(H,23,26). The highest BCUT2D eigenvalue weighted by Crippen LogP contribution is 2.17. The molecule has 0 bridgehead atoms. The Morgan fingerprint density at radius 3 is 2.59 bits per heavy atom. The third-order valence-corrected chi connectivity index (χ3v) is 4.49. The number of amides is 1. The predicted octanol–water partition coefficient (Wildman–Crippen LogP) is 3.88. The monoisotopic (exact) mass is 363 g/mol. The fraction of sp³-hybridized carbons (Fsp3) is 0.273. The van der Waals surface area contributed by atoms with E-state index in [4.69, 9.17) is 4.74 Å². The fourth-order valence-electron chi connectivity index (χ4n) is 2.99. The molecule has 0 fully saturated rings. The van der Waals surface area contributed by atoms with Crippen LogP contribution in [0.25, 0.3) is 5.69 Å². The van der Waals surface area contributed by atoms with Gasteiger partial charge in [0.15, 0.2) is 0 Å². The molecule has 0 atom stereocenters. The molecule has 3 rings (SSSR count). The van der Waals surface area contributed by atoms with Gasteiger partial charge in [-0.05, 0) is 50.6 Å². The van der Waals surface area contributed by atoms with Gasteiger partial charge in [-0.25, -0.2) is 4.68 Å². The summed E-state index contributed by atoms with van der Waals surface area (Å²) < 4.78 is 7.56. The Kier molecular flexibility index (Phi) is 5.91. The molecule has 27 heavy (non-hydrogen) atoms. The van der Waals surface area contributed by atoms with Crippen LogP contribution in [0.3, 0.4) is 0 Å². The fourth-order valence-corrected chi connectivity index (χ4v) is 2.99. The van der Waals surface area contributed by atoms with E-state index >= 15 is 0 Å². The largest absolute Gasteiger partial charge is 0.493 e. The SMILES string of the molecule is Cc1cccc(OCCC(=O)NCc2c(C)nn(-c3ccccc3)c2C)c1. The molecule has 2 aromatic carbocycles. The molecule has 0 saturated heterocycles. The van der Waals surface area contributed by atoms with Crippen molar-refractivity contribution < 1.29 is 9.53 Å². The molecule has 3 aromatic rings. The zero-order valence-corrected chi connectivity index (χ0v) is 16.0. The van der Waals surface area contributed by atoms with Crippen LogP contribution in [0.4, 0.5) is 0 Å². The van der Waals surface area contributed by atoms with Gasteiger partial charge in [0.2, 0.25) is 5.91 Å². The van der Waals surface area contributed by atoms with Crippen LogP contribution >= 0.6 is 0 Å². The molecule has 1 N–H and O–H groups in total. The lowest BCUT2D eigenvalue weighted by molar-refractivity contribution is -0.121. The first-order chi connectivity index (χ1) is 13.0. The van der Waals surface area contributed by atoms with Crippen LogP contribution in [-0.2, 0) is 11.3 Å². The van der Waals surface area contributed by atoms with Gasteiger partial charge in [-0.15, -0.1) is 0 Å². The van der Waals surface area contributed by atoms with Gasteiger partial charge in [-0.1, -0.05) is 30.3 Å². The second-order valence-electron chi connectivity index (χ2n) is 6.59. The van der Waals surface area contributed by atoms with E-state index in [2.05, 4.69) is 10.4 Å². The molecule has 0 aliphatic rings. The molecule has 1 heterocycles. The normalized spacial score (nSPS) is 10.6. The second-order valence-corrected chi connectivity index (χ2v) is 6.59. The molecule has 0 unspecified atom stereocenters. The summed E-state index contributed by atoms with van der Waals surface area (Å²) in [6.07, 6.45) is 0.318. The molecular weight excluding hydrogens is 338 g/mol. The Morgan fingerprint density at radius 2 is 1.85 bits per heavy atom. The number of nitrogens with one attached hydrogen (secondary N) is 1. The Morgan fingerprint density at radius 1 is 1.07 bits per heavy atom. The van der Waals surface area contributed by atoms with E-state index in [1.807, 2.05) is 80.1 Å². The number of para-hydroxylation sites is 1. The molecule has 0 aliphatic carbocycles. The smallest absolute Gasteiger partial charge is 0.223 e. The van der Waals surface area contributed by atoms with Crippen molar-refractivity contribution in [3.8, 4) is 11.4 Å². The predicted molar refractivity (Wildman–Crippen MR) is 106 cm³/mol. The number of rotatable bonds is 7. The quantitative estimate of drug-likeness (QED) is 0.693. The summed E-state index contributed by atoms with van der Waals surface area (Å²) in [4.78, 5) is 12.2. The Bertz CT molecular complexity index is 917. The highest BCUT2D eigenvalue weighted by Gasteiger charge is 2.13. The first-order valence-corrected chi connectivity index (χ1v) is 9.11. The van der Waals surface area contributed by atoms with E-state index in [1.54, 1.807) is 0 Å². The maximum atomic E-state index is 12.2. The van der Waals surface area contributed by atoms with Crippen LogP contribution in [0.2, 0.25) is 0 Å². The van der Waals surface area contributed by atoms with Gasteiger partial charge in [-0.3, -0.25) is 4.79 Å². The molecular formula is C22H25N3O2. The molecule has 140 valence electrons. The van der Waals surface area contributed by atoms with Crippen molar-refractivity contribution in [3.63, 3.8) is 0 Å². The first kappa shape index (κ1) is 18.7. The van der Waals surface area contributed by atoms with Gasteiger partial charge < -0.3 is 10.1 Å². The summed E-state index contributed by atoms with van der Waals surface area (Å²) in [5.41, 5.74) is 5.16. The van der Waals surface area contributed by atoms with E-state index < -0.39 is 0 Å². The zero-order chi connectivity index (χ0) is 19.2. The van der Waals surface area contributed by atoms with E-state index in [-0.39, 0.29) is 5.91 Å². The van der Waals surface area contributed by atoms with Crippen molar-refractivity contribution in [3.05, 3.63) is 77.1 Å². The summed E-state index contributed by atoms with van der Waals surface area (Å²) in [6, 6.07) is 17.8. The third-order valence-electron chi connectivity index (χ3n) is 4.49. The molecule has 5 heteroatoms. The van der Waals surface area contributed by atoms with Gasteiger partial charge in [-0.2, -0.15) is 5.10 Å². The molecule has 1 aromatic heterocycles. The average Bonchev–Trinajstić information content (AvgIpc) is 2.95. The van der Waals surface area contributed by atoms with Crippen molar-refractivity contribution in [2.45, 2.75) is 33.7 Å². The highest BCUT2D eigenvalue weighted by atomic mass is 16.5. The van der Waals surface area contributed by atoms with Crippen molar-refractivity contribution in [2.24, 2.45) is 0 Å². The van der Waals surface area contributed by atoms with Gasteiger partial charge in [0.05, 0.1) is 24.4 Å². The van der Waals surface area contributed by atoms with Crippen LogP contribution in [-0.4, -0.2) is 22.3 Å². The summed E-state index contributed by atoms with van der Waals surface area (Å²) in [5.74, 6) is 0.757. The lowest BCUT2D eigenvalue weighted by Gasteiger charge is -2.09. The minimum Gasteiger partial charge on any atom is -0.493 e. The Labute approximate surface area is 160 Å². The average molecular weight is 363 g/mol. The third kappa shape index (κ3) is 4.76.